The third kappa shape index (κ3) is 2.52. The van der Waals surface area contributed by atoms with Crippen LogP contribution < -0.4 is 11.1 Å². The van der Waals surface area contributed by atoms with E-state index in [1.807, 2.05) is 30.3 Å². The molecule has 1 saturated heterocycles. The van der Waals surface area contributed by atoms with Crippen molar-refractivity contribution in [2.24, 2.45) is 5.73 Å². The Morgan fingerprint density at radius 1 is 1.46 bits per heavy atom. The molecule has 70 valence electrons. The number of nitrogens with one attached hydrogen (secondary N) is 1. The van der Waals surface area contributed by atoms with E-state index in [4.69, 9.17) is 10.5 Å². The largest absolute Gasteiger partial charge is 0.372 e. The molecule has 0 spiro atoms. The summed E-state index contributed by atoms with van der Waals surface area (Å²) in [6, 6.07) is 10.0. The highest BCUT2D eigenvalue weighted by Crippen LogP contribution is 2.10. The second kappa shape index (κ2) is 3.87. The summed E-state index contributed by atoms with van der Waals surface area (Å²) in [4.78, 5) is 0. The predicted octanol–water partition coefficient (Wildman–Crippen LogP) is 0.632. The van der Waals surface area contributed by atoms with Crippen LogP contribution in [0.15, 0.2) is 30.3 Å². The van der Waals surface area contributed by atoms with Crippen LogP contribution in [-0.4, -0.2) is 19.3 Å². The van der Waals surface area contributed by atoms with E-state index in [9.17, 15) is 0 Å². The van der Waals surface area contributed by atoms with E-state index >= 15 is 0 Å². The van der Waals surface area contributed by atoms with Crippen LogP contribution in [0.4, 0.5) is 0 Å². The zero-order valence-corrected chi connectivity index (χ0v) is 7.44. The Balaban J connectivity index is 1.85. The molecule has 1 aromatic rings. The molecule has 3 N–H and O–H groups in total. The second-order valence-electron chi connectivity index (χ2n) is 3.25. The van der Waals surface area contributed by atoms with Gasteiger partial charge in [-0.3, -0.25) is 5.32 Å². The average Bonchev–Trinajstić information content (AvgIpc) is 2.99. The summed E-state index contributed by atoms with van der Waals surface area (Å²) in [5.41, 5.74) is 7.02. The normalized spacial score (nSPS) is 22.7. The van der Waals surface area contributed by atoms with Crippen LogP contribution >= 0.6 is 0 Å². The van der Waals surface area contributed by atoms with E-state index in [1.165, 1.54) is 0 Å². The standard InChI is InChI=1S/C10H14N2O/c11-10(12-6-9-7-13-9)8-4-2-1-3-5-8/h1-5,9-10,12H,6-7,11H2. The molecule has 1 aliphatic rings. The molecule has 0 amide bonds. The van der Waals surface area contributed by atoms with Crippen molar-refractivity contribution in [3.63, 3.8) is 0 Å². The summed E-state index contributed by atoms with van der Waals surface area (Å²) in [7, 11) is 0. The van der Waals surface area contributed by atoms with Crippen LogP contribution in [0.3, 0.4) is 0 Å². The van der Waals surface area contributed by atoms with Crippen LogP contribution in [0.5, 0.6) is 0 Å². The first-order chi connectivity index (χ1) is 6.36. The summed E-state index contributed by atoms with van der Waals surface area (Å²) in [5.74, 6) is 0. The molecule has 3 nitrogen and oxygen atoms in total. The minimum Gasteiger partial charge on any atom is -0.372 e. The van der Waals surface area contributed by atoms with Crippen LogP contribution in [0.1, 0.15) is 11.7 Å². The van der Waals surface area contributed by atoms with Crippen LogP contribution in [0, 0.1) is 0 Å². The summed E-state index contributed by atoms with van der Waals surface area (Å²) in [5, 5.41) is 3.21. The molecule has 13 heavy (non-hydrogen) atoms. The Labute approximate surface area is 77.9 Å². The zero-order chi connectivity index (χ0) is 9.10. The van der Waals surface area contributed by atoms with Crippen molar-refractivity contribution in [3.8, 4) is 0 Å². The molecule has 0 bridgehead atoms. The fourth-order valence-electron chi connectivity index (χ4n) is 1.22. The lowest BCUT2D eigenvalue weighted by molar-refractivity contribution is 0.385. The monoisotopic (exact) mass is 178 g/mol. The maximum atomic E-state index is 5.90. The lowest BCUT2D eigenvalue weighted by Gasteiger charge is -2.12. The molecule has 2 unspecified atom stereocenters. The van der Waals surface area contributed by atoms with Crippen LogP contribution in [-0.2, 0) is 4.74 Å². The second-order valence-corrected chi connectivity index (χ2v) is 3.25. The number of epoxide rings is 1. The Morgan fingerprint density at radius 3 is 2.77 bits per heavy atom. The Bertz CT molecular complexity index is 259. The van der Waals surface area contributed by atoms with E-state index < -0.39 is 0 Å². The van der Waals surface area contributed by atoms with Gasteiger partial charge in [0.25, 0.3) is 0 Å². The van der Waals surface area contributed by atoms with Gasteiger partial charge in [0.15, 0.2) is 0 Å². The third-order valence-electron chi connectivity index (χ3n) is 2.13. The van der Waals surface area contributed by atoms with Crippen molar-refractivity contribution in [2.45, 2.75) is 12.3 Å². The highest BCUT2D eigenvalue weighted by Gasteiger charge is 2.22. The topological polar surface area (TPSA) is 50.6 Å². The van der Waals surface area contributed by atoms with Crippen molar-refractivity contribution in [1.82, 2.24) is 5.32 Å². The predicted molar refractivity (Wildman–Crippen MR) is 51.1 cm³/mol. The lowest BCUT2D eigenvalue weighted by Crippen LogP contribution is -2.31. The Kier molecular flexibility index (Phi) is 2.59. The SMILES string of the molecule is NC(NCC1CO1)c1ccccc1. The van der Waals surface area contributed by atoms with Crippen molar-refractivity contribution in [2.75, 3.05) is 13.2 Å². The molecular formula is C10H14N2O. The molecule has 0 radical (unpaired) electrons. The van der Waals surface area contributed by atoms with Gasteiger partial charge in [-0.2, -0.15) is 0 Å². The average molecular weight is 178 g/mol. The van der Waals surface area contributed by atoms with Crippen molar-refractivity contribution < 1.29 is 4.74 Å². The maximum absolute atomic E-state index is 5.90. The molecular weight excluding hydrogens is 164 g/mol. The molecule has 2 atom stereocenters. The first-order valence-corrected chi connectivity index (χ1v) is 4.52. The number of nitrogens with two attached hydrogens (primary N) is 1. The van der Waals surface area contributed by atoms with E-state index in [0.717, 1.165) is 18.7 Å². The van der Waals surface area contributed by atoms with E-state index in [1.54, 1.807) is 0 Å². The van der Waals surface area contributed by atoms with Gasteiger partial charge in [0.1, 0.15) is 0 Å². The number of hydrogen-bond acceptors (Lipinski definition) is 3. The Hall–Kier alpha value is -0.900. The smallest absolute Gasteiger partial charge is 0.0934 e. The van der Waals surface area contributed by atoms with E-state index in [-0.39, 0.29) is 6.17 Å². The van der Waals surface area contributed by atoms with Gasteiger partial charge in [-0.15, -0.1) is 0 Å². The van der Waals surface area contributed by atoms with Crippen molar-refractivity contribution in [1.29, 1.82) is 0 Å². The van der Waals surface area contributed by atoms with E-state index in [2.05, 4.69) is 5.32 Å². The molecule has 0 saturated carbocycles. The van der Waals surface area contributed by atoms with Gasteiger partial charge in [-0.1, -0.05) is 30.3 Å². The molecule has 1 fully saturated rings. The number of hydrogen-bond donors (Lipinski definition) is 2. The molecule has 0 aliphatic carbocycles. The highest BCUT2D eigenvalue weighted by molar-refractivity contribution is 5.17. The van der Waals surface area contributed by atoms with Gasteiger partial charge >= 0.3 is 0 Å². The zero-order valence-electron chi connectivity index (χ0n) is 7.44. The van der Waals surface area contributed by atoms with Gasteiger partial charge in [0.05, 0.1) is 18.9 Å². The first-order valence-electron chi connectivity index (χ1n) is 4.52. The maximum Gasteiger partial charge on any atom is 0.0934 e. The van der Waals surface area contributed by atoms with Gasteiger partial charge in [0, 0.05) is 6.54 Å². The number of ether oxygens (including phenoxy) is 1. The molecule has 1 aliphatic heterocycles. The summed E-state index contributed by atoms with van der Waals surface area (Å²) in [6.45, 7) is 1.71. The van der Waals surface area contributed by atoms with Gasteiger partial charge in [0.2, 0.25) is 0 Å². The number of rotatable bonds is 4. The molecule has 2 rings (SSSR count). The van der Waals surface area contributed by atoms with Gasteiger partial charge in [-0.05, 0) is 5.56 Å². The van der Waals surface area contributed by atoms with Crippen molar-refractivity contribution in [3.05, 3.63) is 35.9 Å². The van der Waals surface area contributed by atoms with Crippen LogP contribution in [0.25, 0.3) is 0 Å². The Morgan fingerprint density at radius 2 is 2.15 bits per heavy atom. The van der Waals surface area contributed by atoms with Gasteiger partial charge in [-0.25, -0.2) is 0 Å². The van der Waals surface area contributed by atoms with Crippen molar-refractivity contribution >= 4 is 0 Å². The molecule has 0 aromatic heterocycles. The van der Waals surface area contributed by atoms with Crippen LogP contribution in [0.2, 0.25) is 0 Å². The summed E-state index contributed by atoms with van der Waals surface area (Å²) < 4.78 is 5.08. The fourth-order valence-corrected chi connectivity index (χ4v) is 1.22. The lowest BCUT2D eigenvalue weighted by atomic mass is 10.2. The molecule has 3 heteroatoms. The summed E-state index contributed by atoms with van der Waals surface area (Å²) >= 11 is 0. The van der Waals surface area contributed by atoms with Gasteiger partial charge < -0.3 is 10.5 Å². The third-order valence-corrected chi connectivity index (χ3v) is 2.13. The first kappa shape index (κ1) is 8.69. The van der Waals surface area contributed by atoms with E-state index in [0.29, 0.717) is 6.10 Å². The quantitative estimate of drug-likeness (QED) is 0.525. The molecule has 1 aromatic carbocycles. The highest BCUT2D eigenvalue weighted by atomic mass is 16.6. The molecule has 1 heterocycles. The minimum atomic E-state index is -0.0783. The fraction of sp³-hybridized carbons (Fsp3) is 0.400. The minimum absolute atomic E-state index is 0.0783. The summed E-state index contributed by atoms with van der Waals surface area (Å²) in [6.07, 6.45) is 0.306. The number of benzene rings is 1.